The number of ether oxygens (including phenoxy) is 1. The molecule has 4 nitrogen and oxygen atoms in total. The fraction of sp³-hybridized carbons (Fsp3) is 0.296. The molecule has 0 aromatic heterocycles. The van der Waals surface area contributed by atoms with Crippen LogP contribution in [0.15, 0.2) is 84.9 Å². The summed E-state index contributed by atoms with van der Waals surface area (Å²) in [6, 6.07) is 28.8. The van der Waals surface area contributed by atoms with E-state index in [2.05, 4.69) is 48.6 Å². The van der Waals surface area contributed by atoms with Crippen molar-refractivity contribution in [3.8, 4) is 5.75 Å². The standard InChI is InChI=1S/C27H30N2O2/c1-20(29(24-15-16-24)19-21-13-17-25(31-2)18-14-21)27(30)28-26(22-9-5-3-6-10-22)23-11-7-4-8-12-23/h3-14,17-18,20,24,26H,15-16,19H2,1-2H3,(H,28,30)/p+1/t20-/m1/s1. The molecule has 1 fully saturated rings. The Balaban J connectivity index is 1.51. The summed E-state index contributed by atoms with van der Waals surface area (Å²) >= 11 is 0. The predicted octanol–water partition coefficient (Wildman–Crippen LogP) is 3.54. The van der Waals surface area contributed by atoms with E-state index in [1.54, 1.807) is 7.11 Å². The third kappa shape index (κ3) is 5.33. The van der Waals surface area contributed by atoms with Gasteiger partial charge in [0.1, 0.15) is 12.3 Å². The van der Waals surface area contributed by atoms with Gasteiger partial charge in [0.25, 0.3) is 5.91 Å². The first-order chi connectivity index (χ1) is 15.2. The third-order valence-corrected chi connectivity index (χ3v) is 6.17. The number of hydrogen-bond donors (Lipinski definition) is 2. The maximum Gasteiger partial charge on any atom is 0.278 e. The molecule has 3 aromatic rings. The lowest BCUT2D eigenvalue weighted by Gasteiger charge is -2.28. The van der Waals surface area contributed by atoms with Crippen molar-refractivity contribution >= 4 is 5.91 Å². The lowest BCUT2D eigenvalue weighted by atomic mass is 9.98. The summed E-state index contributed by atoms with van der Waals surface area (Å²) in [6.45, 7) is 2.89. The highest BCUT2D eigenvalue weighted by Gasteiger charge is 2.39. The number of benzene rings is 3. The number of quaternary nitrogens is 1. The second kappa shape index (κ2) is 9.80. The predicted molar refractivity (Wildman–Crippen MR) is 123 cm³/mol. The highest BCUT2D eigenvalue weighted by molar-refractivity contribution is 5.81. The van der Waals surface area contributed by atoms with Crippen molar-refractivity contribution < 1.29 is 14.4 Å². The molecule has 4 rings (SSSR count). The molecule has 2 N–H and O–H groups in total. The Morgan fingerprint density at radius 3 is 1.97 bits per heavy atom. The molecule has 1 unspecified atom stereocenters. The molecular formula is C27H31N2O2+. The molecule has 0 heterocycles. The summed E-state index contributed by atoms with van der Waals surface area (Å²) in [4.78, 5) is 14.7. The molecule has 1 aliphatic rings. The Labute approximate surface area is 184 Å². The maximum atomic E-state index is 13.4. The van der Waals surface area contributed by atoms with Crippen LogP contribution < -0.4 is 15.0 Å². The highest BCUT2D eigenvalue weighted by Crippen LogP contribution is 2.22. The van der Waals surface area contributed by atoms with Gasteiger partial charge in [-0.25, -0.2) is 0 Å². The van der Waals surface area contributed by atoms with Crippen molar-refractivity contribution in [2.45, 2.75) is 44.4 Å². The van der Waals surface area contributed by atoms with E-state index in [9.17, 15) is 4.79 Å². The zero-order valence-electron chi connectivity index (χ0n) is 18.3. The lowest BCUT2D eigenvalue weighted by molar-refractivity contribution is -0.938. The Morgan fingerprint density at radius 1 is 0.935 bits per heavy atom. The minimum absolute atomic E-state index is 0.0908. The first-order valence-electron chi connectivity index (χ1n) is 11.0. The molecule has 2 atom stereocenters. The molecule has 0 radical (unpaired) electrons. The fourth-order valence-electron chi connectivity index (χ4n) is 4.17. The summed E-state index contributed by atoms with van der Waals surface area (Å²) in [7, 11) is 1.68. The average molecular weight is 416 g/mol. The van der Waals surface area contributed by atoms with Gasteiger partial charge in [-0.1, -0.05) is 60.7 Å². The number of carbonyl (C=O) groups is 1. The van der Waals surface area contributed by atoms with Crippen molar-refractivity contribution in [3.05, 3.63) is 102 Å². The highest BCUT2D eigenvalue weighted by atomic mass is 16.5. The van der Waals surface area contributed by atoms with Crippen LogP contribution in [0.3, 0.4) is 0 Å². The van der Waals surface area contributed by atoms with Gasteiger partial charge in [-0.05, 0) is 42.3 Å². The van der Waals surface area contributed by atoms with Gasteiger partial charge < -0.3 is 15.0 Å². The molecule has 0 spiro atoms. The van der Waals surface area contributed by atoms with E-state index in [1.165, 1.54) is 23.3 Å². The fourth-order valence-corrected chi connectivity index (χ4v) is 4.17. The molecule has 0 aliphatic heterocycles. The summed E-state index contributed by atoms with van der Waals surface area (Å²) in [5, 5.41) is 3.34. The second-order valence-electron chi connectivity index (χ2n) is 8.36. The van der Waals surface area contributed by atoms with Crippen LogP contribution in [0, 0.1) is 0 Å². The maximum absolute atomic E-state index is 13.4. The molecule has 0 saturated heterocycles. The molecule has 1 saturated carbocycles. The van der Waals surface area contributed by atoms with Crippen LogP contribution in [-0.4, -0.2) is 25.1 Å². The molecule has 3 aromatic carbocycles. The minimum atomic E-state index is -0.154. The normalized spacial score (nSPS) is 15.3. The molecule has 1 aliphatic carbocycles. The largest absolute Gasteiger partial charge is 0.497 e. The Bertz CT molecular complexity index is 930. The number of amides is 1. The van der Waals surface area contributed by atoms with Gasteiger partial charge in [0.15, 0.2) is 6.04 Å². The topological polar surface area (TPSA) is 42.8 Å². The summed E-state index contributed by atoms with van der Waals surface area (Å²) in [5.74, 6) is 0.948. The Kier molecular flexibility index (Phi) is 6.68. The van der Waals surface area contributed by atoms with Crippen LogP contribution in [0.4, 0.5) is 0 Å². The van der Waals surface area contributed by atoms with E-state index >= 15 is 0 Å². The van der Waals surface area contributed by atoms with Gasteiger partial charge in [-0.3, -0.25) is 4.79 Å². The van der Waals surface area contributed by atoms with E-state index in [1.807, 2.05) is 48.5 Å². The SMILES string of the molecule is COc1ccc(C[NH+](C2CC2)[C@H](C)C(=O)NC(c2ccccc2)c2ccccc2)cc1. The van der Waals surface area contributed by atoms with E-state index in [4.69, 9.17) is 4.74 Å². The first-order valence-corrected chi connectivity index (χ1v) is 11.0. The third-order valence-electron chi connectivity index (χ3n) is 6.17. The molecule has 4 heteroatoms. The Morgan fingerprint density at radius 2 is 1.48 bits per heavy atom. The monoisotopic (exact) mass is 415 g/mol. The first kappa shape index (κ1) is 21.1. The van der Waals surface area contributed by atoms with Gasteiger partial charge in [-0.15, -0.1) is 0 Å². The van der Waals surface area contributed by atoms with E-state index in [0.717, 1.165) is 23.4 Å². The van der Waals surface area contributed by atoms with Crippen LogP contribution in [0.5, 0.6) is 5.75 Å². The molecule has 31 heavy (non-hydrogen) atoms. The smallest absolute Gasteiger partial charge is 0.278 e. The molecule has 0 bridgehead atoms. The summed E-state index contributed by atoms with van der Waals surface area (Å²) < 4.78 is 5.28. The van der Waals surface area contributed by atoms with Crippen molar-refractivity contribution in [2.75, 3.05) is 7.11 Å². The lowest BCUT2D eigenvalue weighted by Crippen LogP contribution is -3.16. The van der Waals surface area contributed by atoms with Crippen molar-refractivity contribution in [2.24, 2.45) is 0 Å². The minimum Gasteiger partial charge on any atom is -0.497 e. The number of rotatable bonds is 9. The molecular weight excluding hydrogens is 384 g/mol. The van der Waals surface area contributed by atoms with E-state index < -0.39 is 0 Å². The number of carbonyl (C=O) groups excluding carboxylic acids is 1. The van der Waals surface area contributed by atoms with E-state index in [0.29, 0.717) is 6.04 Å². The average Bonchev–Trinajstić information content (AvgIpc) is 3.67. The summed E-state index contributed by atoms with van der Waals surface area (Å²) in [5.41, 5.74) is 3.42. The van der Waals surface area contributed by atoms with E-state index in [-0.39, 0.29) is 18.0 Å². The molecule has 160 valence electrons. The van der Waals surface area contributed by atoms with Gasteiger partial charge in [0, 0.05) is 18.4 Å². The van der Waals surface area contributed by atoms with Gasteiger partial charge >= 0.3 is 0 Å². The second-order valence-corrected chi connectivity index (χ2v) is 8.36. The molecule has 1 amide bonds. The number of nitrogens with one attached hydrogen (secondary N) is 2. The Hall–Kier alpha value is -3.11. The number of methoxy groups -OCH3 is 1. The zero-order valence-corrected chi connectivity index (χ0v) is 18.3. The van der Waals surface area contributed by atoms with Crippen LogP contribution in [0.25, 0.3) is 0 Å². The van der Waals surface area contributed by atoms with Crippen LogP contribution in [0.2, 0.25) is 0 Å². The van der Waals surface area contributed by atoms with Gasteiger partial charge in [0.05, 0.1) is 19.2 Å². The summed E-state index contributed by atoms with van der Waals surface area (Å²) in [6.07, 6.45) is 2.37. The van der Waals surface area contributed by atoms with Crippen molar-refractivity contribution in [1.29, 1.82) is 0 Å². The van der Waals surface area contributed by atoms with Crippen LogP contribution >= 0.6 is 0 Å². The van der Waals surface area contributed by atoms with Crippen molar-refractivity contribution in [1.82, 2.24) is 5.32 Å². The quantitative estimate of drug-likeness (QED) is 0.561. The van der Waals surface area contributed by atoms with Crippen molar-refractivity contribution in [3.63, 3.8) is 0 Å². The van der Waals surface area contributed by atoms with Crippen LogP contribution in [-0.2, 0) is 11.3 Å². The van der Waals surface area contributed by atoms with Crippen LogP contribution in [0.1, 0.15) is 42.5 Å². The van der Waals surface area contributed by atoms with Gasteiger partial charge in [-0.2, -0.15) is 0 Å². The van der Waals surface area contributed by atoms with Gasteiger partial charge in [0.2, 0.25) is 0 Å². The number of hydrogen-bond acceptors (Lipinski definition) is 2. The zero-order chi connectivity index (χ0) is 21.6.